The van der Waals surface area contributed by atoms with Crippen LogP contribution < -0.4 is 9.64 Å². The average Bonchev–Trinajstić information content (AvgIpc) is 2.70. The van der Waals surface area contributed by atoms with Gasteiger partial charge in [0.05, 0.1) is 13.5 Å². The molecule has 1 saturated heterocycles. The number of ether oxygens (including phenoxy) is 1. The van der Waals surface area contributed by atoms with E-state index in [-0.39, 0.29) is 18.1 Å². The molecule has 0 unspecified atom stereocenters. The second kappa shape index (κ2) is 8.46. The van der Waals surface area contributed by atoms with Crippen LogP contribution in [0, 0.1) is 13.8 Å². The van der Waals surface area contributed by atoms with Crippen molar-refractivity contribution in [3.63, 3.8) is 0 Å². The molecule has 0 N–H and O–H groups in total. The Balaban J connectivity index is 1.67. The molecule has 5 heteroatoms. The summed E-state index contributed by atoms with van der Waals surface area (Å²) >= 11 is 0. The fourth-order valence-electron chi connectivity index (χ4n) is 3.69. The molecule has 1 fully saturated rings. The van der Waals surface area contributed by atoms with Crippen molar-refractivity contribution in [3.05, 3.63) is 58.7 Å². The Hall–Kier alpha value is -2.82. The van der Waals surface area contributed by atoms with E-state index in [1.807, 2.05) is 4.90 Å². The molecule has 0 aromatic heterocycles. The summed E-state index contributed by atoms with van der Waals surface area (Å²) in [5.74, 6) is 0.700. The van der Waals surface area contributed by atoms with Crippen LogP contribution in [0.2, 0.25) is 0 Å². The van der Waals surface area contributed by atoms with Crippen molar-refractivity contribution in [2.24, 2.45) is 0 Å². The minimum absolute atomic E-state index is 0.0153. The first kappa shape index (κ1) is 19.9. The minimum Gasteiger partial charge on any atom is -0.496 e. The number of benzene rings is 2. The first-order valence-electron chi connectivity index (χ1n) is 9.67. The number of hydrogen-bond acceptors (Lipinski definition) is 4. The van der Waals surface area contributed by atoms with Crippen LogP contribution in [0.15, 0.2) is 36.4 Å². The second-order valence-corrected chi connectivity index (χ2v) is 7.35. The Kier molecular flexibility index (Phi) is 6.02. The largest absolute Gasteiger partial charge is 0.496 e. The van der Waals surface area contributed by atoms with Crippen LogP contribution in [-0.4, -0.2) is 49.9 Å². The SMILES string of the molecule is COc1ccc(C(C)=O)cc1CC(=O)N1CCN(c2cccc(C)c2C)CC1. The van der Waals surface area contributed by atoms with E-state index in [0.29, 0.717) is 24.4 Å². The molecule has 148 valence electrons. The summed E-state index contributed by atoms with van der Waals surface area (Å²) in [6.07, 6.45) is 0.244. The lowest BCUT2D eigenvalue weighted by Gasteiger charge is -2.37. The normalized spacial score (nSPS) is 14.1. The average molecular weight is 380 g/mol. The zero-order valence-electron chi connectivity index (χ0n) is 17.1. The number of nitrogens with zero attached hydrogens (tertiary/aromatic N) is 2. The van der Waals surface area contributed by atoms with E-state index in [2.05, 4.69) is 36.9 Å². The van der Waals surface area contributed by atoms with Gasteiger partial charge in [0.2, 0.25) is 5.91 Å². The summed E-state index contributed by atoms with van der Waals surface area (Å²) in [5.41, 5.74) is 5.20. The van der Waals surface area contributed by atoms with Gasteiger partial charge in [-0.25, -0.2) is 0 Å². The minimum atomic E-state index is -0.0153. The molecule has 2 aromatic carbocycles. The number of amides is 1. The van der Waals surface area contributed by atoms with Gasteiger partial charge in [0, 0.05) is 43.0 Å². The van der Waals surface area contributed by atoms with Gasteiger partial charge in [0.1, 0.15) is 5.75 Å². The van der Waals surface area contributed by atoms with Crippen LogP contribution >= 0.6 is 0 Å². The highest BCUT2D eigenvalue weighted by atomic mass is 16.5. The molecule has 0 saturated carbocycles. The molecule has 1 aliphatic rings. The van der Waals surface area contributed by atoms with Crippen molar-refractivity contribution in [1.82, 2.24) is 4.90 Å². The van der Waals surface area contributed by atoms with Gasteiger partial charge in [-0.05, 0) is 56.2 Å². The first-order valence-corrected chi connectivity index (χ1v) is 9.67. The molecule has 0 spiro atoms. The Morgan fingerprint density at radius 1 is 1.04 bits per heavy atom. The van der Waals surface area contributed by atoms with Crippen LogP contribution in [0.5, 0.6) is 5.75 Å². The predicted molar refractivity (Wildman–Crippen MR) is 111 cm³/mol. The topological polar surface area (TPSA) is 49.9 Å². The van der Waals surface area contributed by atoms with E-state index >= 15 is 0 Å². The highest BCUT2D eigenvalue weighted by Gasteiger charge is 2.23. The third-order valence-corrected chi connectivity index (χ3v) is 5.58. The maximum atomic E-state index is 12.8. The number of aryl methyl sites for hydroxylation is 1. The lowest BCUT2D eigenvalue weighted by atomic mass is 10.0. The number of piperazine rings is 1. The molecule has 0 atom stereocenters. The highest BCUT2D eigenvalue weighted by Crippen LogP contribution is 2.25. The Labute approximate surface area is 166 Å². The molecule has 3 rings (SSSR count). The molecule has 1 amide bonds. The van der Waals surface area contributed by atoms with E-state index < -0.39 is 0 Å². The fraction of sp³-hybridized carbons (Fsp3) is 0.391. The van der Waals surface area contributed by atoms with Gasteiger partial charge in [0.15, 0.2) is 5.78 Å². The van der Waals surface area contributed by atoms with Crippen LogP contribution in [0.1, 0.15) is 34.0 Å². The lowest BCUT2D eigenvalue weighted by Crippen LogP contribution is -2.49. The number of methoxy groups -OCH3 is 1. The number of rotatable bonds is 5. The number of Topliss-reactive ketones (excluding diaryl/α,β-unsaturated/α-hetero) is 1. The van der Waals surface area contributed by atoms with Crippen molar-refractivity contribution < 1.29 is 14.3 Å². The molecular weight excluding hydrogens is 352 g/mol. The van der Waals surface area contributed by atoms with Crippen LogP contribution in [0.3, 0.4) is 0 Å². The third-order valence-electron chi connectivity index (χ3n) is 5.58. The van der Waals surface area contributed by atoms with E-state index in [1.54, 1.807) is 25.3 Å². The van der Waals surface area contributed by atoms with Gasteiger partial charge in [-0.1, -0.05) is 12.1 Å². The Bertz CT molecular complexity index is 883. The summed E-state index contributed by atoms with van der Waals surface area (Å²) in [7, 11) is 1.58. The Morgan fingerprint density at radius 2 is 1.75 bits per heavy atom. The van der Waals surface area contributed by atoms with Crippen molar-refractivity contribution in [3.8, 4) is 5.75 Å². The number of ketones is 1. The quantitative estimate of drug-likeness (QED) is 0.746. The standard InChI is InChI=1S/C23H28N2O3/c1-16-6-5-7-21(17(16)2)24-10-12-25(13-11-24)23(27)15-20-14-19(18(3)26)8-9-22(20)28-4/h5-9,14H,10-13,15H2,1-4H3. The Morgan fingerprint density at radius 3 is 2.39 bits per heavy atom. The smallest absolute Gasteiger partial charge is 0.227 e. The number of hydrogen-bond donors (Lipinski definition) is 0. The molecule has 0 radical (unpaired) electrons. The second-order valence-electron chi connectivity index (χ2n) is 7.35. The number of carbonyl (C=O) groups is 2. The zero-order valence-corrected chi connectivity index (χ0v) is 17.1. The predicted octanol–water partition coefficient (Wildman–Crippen LogP) is 3.41. The summed E-state index contributed by atoms with van der Waals surface area (Å²) < 4.78 is 5.38. The summed E-state index contributed by atoms with van der Waals surface area (Å²) in [6, 6.07) is 11.6. The molecular formula is C23H28N2O3. The van der Waals surface area contributed by atoms with Gasteiger partial charge in [-0.15, -0.1) is 0 Å². The lowest BCUT2D eigenvalue weighted by molar-refractivity contribution is -0.130. The maximum Gasteiger partial charge on any atom is 0.227 e. The zero-order chi connectivity index (χ0) is 20.3. The number of anilines is 1. The van der Waals surface area contributed by atoms with Gasteiger partial charge in [-0.3, -0.25) is 9.59 Å². The molecule has 1 aliphatic heterocycles. The van der Waals surface area contributed by atoms with Gasteiger partial charge < -0.3 is 14.5 Å². The van der Waals surface area contributed by atoms with Crippen molar-refractivity contribution in [1.29, 1.82) is 0 Å². The van der Waals surface area contributed by atoms with E-state index in [0.717, 1.165) is 18.7 Å². The molecule has 1 heterocycles. The van der Waals surface area contributed by atoms with Crippen molar-refractivity contribution in [2.75, 3.05) is 38.2 Å². The van der Waals surface area contributed by atoms with Crippen molar-refractivity contribution in [2.45, 2.75) is 27.2 Å². The van der Waals surface area contributed by atoms with Gasteiger partial charge >= 0.3 is 0 Å². The van der Waals surface area contributed by atoms with Gasteiger partial charge in [-0.2, -0.15) is 0 Å². The van der Waals surface area contributed by atoms with E-state index in [9.17, 15) is 9.59 Å². The number of carbonyl (C=O) groups excluding carboxylic acids is 2. The van der Waals surface area contributed by atoms with Gasteiger partial charge in [0.25, 0.3) is 0 Å². The first-order chi connectivity index (χ1) is 13.4. The molecule has 0 bridgehead atoms. The highest BCUT2D eigenvalue weighted by molar-refractivity contribution is 5.94. The summed E-state index contributed by atoms with van der Waals surface area (Å²) in [4.78, 5) is 28.8. The van der Waals surface area contributed by atoms with Crippen molar-refractivity contribution >= 4 is 17.4 Å². The van der Waals surface area contributed by atoms with Crippen LogP contribution in [0.4, 0.5) is 5.69 Å². The monoisotopic (exact) mass is 380 g/mol. The summed E-state index contributed by atoms with van der Waals surface area (Å²) in [5, 5.41) is 0. The summed E-state index contributed by atoms with van der Waals surface area (Å²) in [6.45, 7) is 8.83. The third kappa shape index (κ3) is 4.19. The van der Waals surface area contributed by atoms with Crippen LogP contribution in [-0.2, 0) is 11.2 Å². The fourth-order valence-corrected chi connectivity index (χ4v) is 3.69. The molecule has 2 aromatic rings. The molecule has 5 nitrogen and oxygen atoms in total. The maximum absolute atomic E-state index is 12.8. The van der Waals surface area contributed by atoms with E-state index in [4.69, 9.17) is 4.74 Å². The van der Waals surface area contributed by atoms with Crippen LogP contribution in [0.25, 0.3) is 0 Å². The molecule has 28 heavy (non-hydrogen) atoms. The van der Waals surface area contributed by atoms with E-state index in [1.165, 1.54) is 23.7 Å². The molecule has 0 aliphatic carbocycles.